The van der Waals surface area contributed by atoms with Crippen LogP contribution in [0.4, 0.5) is 5.69 Å². The Morgan fingerprint density at radius 3 is 2.27 bits per heavy atom. The van der Waals surface area contributed by atoms with Crippen LogP contribution in [-0.2, 0) is 0 Å². The Morgan fingerprint density at radius 2 is 1.73 bits per heavy atom. The van der Waals surface area contributed by atoms with Gasteiger partial charge >= 0.3 is 0 Å². The van der Waals surface area contributed by atoms with E-state index in [1.165, 1.54) is 22.4 Å². The fourth-order valence-electron chi connectivity index (χ4n) is 2.67. The number of thioether (sulfide) groups is 1. The Hall–Kier alpha value is -1.37. The lowest BCUT2D eigenvalue weighted by Gasteiger charge is -2.35. The van der Waals surface area contributed by atoms with Crippen LogP contribution in [0.1, 0.15) is 34.6 Å². The zero-order chi connectivity index (χ0) is 22.4. The molecule has 30 heavy (non-hydrogen) atoms. The highest BCUT2D eigenvalue weighted by Crippen LogP contribution is 2.22. The molecule has 0 aliphatic carbocycles. The van der Waals surface area contributed by atoms with Gasteiger partial charge in [0, 0.05) is 48.1 Å². The number of aliphatic imine (C=N–C) groups is 1. The number of benzene rings is 1. The van der Waals surface area contributed by atoms with Gasteiger partial charge in [0.15, 0.2) is 0 Å². The minimum absolute atomic E-state index is 0.738. The third-order valence-electron chi connectivity index (χ3n) is 4.21. The van der Waals surface area contributed by atoms with Crippen LogP contribution >= 0.6 is 35.3 Å². The van der Waals surface area contributed by atoms with Crippen LogP contribution in [0.15, 0.2) is 56.3 Å². The number of hydrogen-bond acceptors (Lipinski definition) is 4. The molecule has 1 aliphatic heterocycles. The Labute approximate surface area is 196 Å². The van der Waals surface area contributed by atoms with Gasteiger partial charge in [-0.25, -0.2) is 9.39 Å². The molecular formula is C23H35ClN4S2. The molecule has 0 unspecified atom stereocenters. The average Bonchev–Trinajstić information content (AvgIpc) is 2.76. The molecule has 4 nitrogen and oxygen atoms in total. The van der Waals surface area contributed by atoms with Crippen molar-refractivity contribution < 1.29 is 0 Å². The van der Waals surface area contributed by atoms with Gasteiger partial charge in [0.2, 0.25) is 0 Å². The number of hydrogen-bond donors (Lipinski definition) is 0. The second-order valence-electron chi connectivity index (χ2n) is 6.64. The SMILES string of the molecule is C/C=C\C(S/N=C/N1CCN(C(CSC)=Nc2ccc(Cl)cc2)CC1)=C(C)C.CC. The van der Waals surface area contributed by atoms with Gasteiger partial charge in [-0.2, -0.15) is 11.8 Å². The van der Waals surface area contributed by atoms with Crippen LogP contribution in [0.5, 0.6) is 0 Å². The topological polar surface area (TPSA) is 31.2 Å². The Balaban J connectivity index is 0.00000218. The summed E-state index contributed by atoms with van der Waals surface area (Å²) >= 11 is 9.31. The quantitative estimate of drug-likeness (QED) is 0.189. The van der Waals surface area contributed by atoms with E-state index in [0.29, 0.717) is 0 Å². The molecule has 1 aliphatic rings. The molecule has 1 heterocycles. The van der Waals surface area contributed by atoms with Crippen LogP contribution in [0.2, 0.25) is 5.02 Å². The van der Waals surface area contributed by atoms with E-state index in [0.717, 1.165) is 48.5 Å². The minimum atomic E-state index is 0.738. The second-order valence-corrected chi connectivity index (χ2v) is 8.77. The predicted molar refractivity (Wildman–Crippen MR) is 141 cm³/mol. The minimum Gasteiger partial charge on any atom is -0.359 e. The van der Waals surface area contributed by atoms with Gasteiger partial charge in [-0.1, -0.05) is 43.2 Å². The zero-order valence-electron chi connectivity index (χ0n) is 19.1. The lowest BCUT2D eigenvalue weighted by atomic mass is 10.3. The van der Waals surface area contributed by atoms with Crippen LogP contribution in [0, 0.1) is 0 Å². The van der Waals surface area contributed by atoms with Crippen LogP contribution in [-0.4, -0.2) is 60.2 Å². The molecule has 166 valence electrons. The molecule has 0 spiro atoms. The van der Waals surface area contributed by atoms with E-state index in [9.17, 15) is 0 Å². The van der Waals surface area contributed by atoms with Crippen molar-refractivity contribution in [2.45, 2.75) is 34.6 Å². The zero-order valence-corrected chi connectivity index (χ0v) is 21.4. The predicted octanol–water partition coefficient (Wildman–Crippen LogP) is 6.92. The summed E-state index contributed by atoms with van der Waals surface area (Å²) < 4.78 is 4.56. The van der Waals surface area contributed by atoms with Crippen molar-refractivity contribution in [3.05, 3.63) is 51.9 Å². The second kappa shape index (κ2) is 15.4. The molecule has 0 N–H and O–H groups in total. The molecule has 0 atom stereocenters. The Kier molecular flexibility index (Phi) is 13.7. The van der Waals surface area contributed by atoms with Crippen molar-refractivity contribution in [2.75, 3.05) is 38.2 Å². The number of rotatable bonds is 7. The van der Waals surface area contributed by atoms with Crippen molar-refractivity contribution in [1.29, 1.82) is 0 Å². The molecule has 0 amide bonds. The third kappa shape index (κ3) is 9.63. The normalized spacial score (nSPS) is 14.8. The summed E-state index contributed by atoms with van der Waals surface area (Å²) in [6.45, 7) is 14.1. The van der Waals surface area contributed by atoms with Gasteiger partial charge in [-0.15, -0.1) is 0 Å². The fraction of sp³-hybridized carbons (Fsp3) is 0.478. The van der Waals surface area contributed by atoms with Crippen LogP contribution in [0.25, 0.3) is 0 Å². The van der Waals surface area contributed by atoms with Gasteiger partial charge in [-0.05, 0) is 51.3 Å². The number of nitrogens with zero attached hydrogens (tertiary/aromatic N) is 4. The standard InChI is InChI=1S/C21H29ClN4S2.C2H6/c1-5-6-20(17(2)3)28-23-16-25-11-13-26(14-12-25)21(15-27-4)24-19-9-7-18(22)8-10-19;1-2/h5-10,16H,11-15H2,1-4H3;1-2H3/b6-5-,23-16+,24-21?;. The van der Waals surface area contributed by atoms with Crippen molar-refractivity contribution in [2.24, 2.45) is 9.39 Å². The summed E-state index contributed by atoms with van der Waals surface area (Å²) in [6, 6.07) is 7.71. The molecule has 1 fully saturated rings. The number of piperazine rings is 1. The van der Waals surface area contributed by atoms with Crippen molar-refractivity contribution in [3.63, 3.8) is 0 Å². The summed E-state index contributed by atoms with van der Waals surface area (Å²) in [5.74, 6) is 2.03. The van der Waals surface area contributed by atoms with Gasteiger partial charge < -0.3 is 9.80 Å². The molecule has 1 aromatic rings. The summed E-state index contributed by atoms with van der Waals surface area (Å²) in [7, 11) is 0. The third-order valence-corrected chi connectivity index (χ3v) is 5.95. The first-order valence-electron chi connectivity index (χ1n) is 10.3. The lowest BCUT2D eigenvalue weighted by molar-refractivity contribution is 0.264. The largest absolute Gasteiger partial charge is 0.359 e. The highest BCUT2D eigenvalue weighted by Gasteiger charge is 2.18. The molecular weight excluding hydrogens is 432 g/mol. The van der Waals surface area contributed by atoms with Gasteiger partial charge in [0.05, 0.1) is 17.8 Å². The monoisotopic (exact) mass is 466 g/mol. The van der Waals surface area contributed by atoms with Gasteiger partial charge in [-0.3, -0.25) is 0 Å². The maximum absolute atomic E-state index is 5.98. The summed E-state index contributed by atoms with van der Waals surface area (Å²) in [4.78, 5) is 10.7. The van der Waals surface area contributed by atoms with E-state index in [4.69, 9.17) is 16.6 Å². The van der Waals surface area contributed by atoms with E-state index in [-0.39, 0.29) is 0 Å². The molecule has 0 bridgehead atoms. The van der Waals surface area contributed by atoms with E-state index < -0.39 is 0 Å². The first-order chi connectivity index (χ1) is 14.5. The van der Waals surface area contributed by atoms with E-state index >= 15 is 0 Å². The van der Waals surface area contributed by atoms with Gasteiger partial charge in [0.25, 0.3) is 0 Å². The number of halogens is 1. The first kappa shape index (κ1) is 26.7. The van der Waals surface area contributed by atoms with E-state index in [1.54, 1.807) is 11.8 Å². The molecule has 7 heteroatoms. The van der Waals surface area contributed by atoms with Crippen LogP contribution < -0.4 is 0 Å². The molecule has 0 aromatic heterocycles. The highest BCUT2D eigenvalue weighted by molar-refractivity contribution is 8.02. The number of allylic oxidation sites excluding steroid dienone is 3. The molecule has 0 radical (unpaired) electrons. The van der Waals surface area contributed by atoms with E-state index in [2.05, 4.69) is 46.5 Å². The lowest BCUT2D eigenvalue weighted by Crippen LogP contribution is -2.48. The summed E-state index contributed by atoms with van der Waals surface area (Å²) in [5.41, 5.74) is 2.23. The maximum Gasteiger partial charge on any atom is 0.115 e. The van der Waals surface area contributed by atoms with E-state index in [1.807, 2.05) is 51.4 Å². The smallest absolute Gasteiger partial charge is 0.115 e. The summed E-state index contributed by atoms with van der Waals surface area (Å²) in [6.07, 6.45) is 8.25. The number of amidine groups is 1. The first-order valence-corrected chi connectivity index (χ1v) is 12.9. The van der Waals surface area contributed by atoms with Crippen molar-refractivity contribution in [1.82, 2.24) is 9.80 Å². The van der Waals surface area contributed by atoms with Crippen molar-refractivity contribution in [3.8, 4) is 0 Å². The molecule has 1 saturated heterocycles. The van der Waals surface area contributed by atoms with Gasteiger partial charge in [0.1, 0.15) is 5.84 Å². The molecule has 2 rings (SSSR count). The molecule has 1 aromatic carbocycles. The Bertz CT molecular complexity index is 730. The van der Waals surface area contributed by atoms with Crippen LogP contribution in [0.3, 0.4) is 0 Å². The average molecular weight is 467 g/mol. The highest BCUT2D eigenvalue weighted by atomic mass is 35.5. The molecule has 0 saturated carbocycles. The summed E-state index contributed by atoms with van der Waals surface area (Å²) in [5, 5.41) is 0.738. The Morgan fingerprint density at radius 1 is 1.10 bits per heavy atom. The maximum atomic E-state index is 5.98. The fourth-order valence-corrected chi connectivity index (χ4v) is 3.98. The van der Waals surface area contributed by atoms with Crippen molar-refractivity contribution >= 4 is 53.2 Å².